The Morgan fingerprint density at radius 2 is 1.26 bits per heavy atom. The molecule has 0 spiro atoms. The Hall–Kier alpha value is -0.917. The zero-order valence-electron chi connectivity index (χ0n) is 10.6. The molecule has 0 saturated carbocycles. The zero-order valence-corrected chi connectivity index (χ0v) is 15.2. The third kappa shape index (κ3) is 4.59. The summed E-state index contributed by atoms with van der Waals surface area (Å²) in [5.41, 5.74) is 11.4. The number of nitrogen functional groups attached to an aromatic ring is 2. The number of aromatic nitrogens is 4. The third-order valence-electron chi connectivity index (χ3n) is 2.08. The van der Waals surface area contributed by atoms with Gasteiger partial charge in [0.2, 0.25) is 0 Å². The Balaban J connectivity index is 1.96. The summed E-state index contributed by atoms with van der Waals surface area (Å²) < 4.78 is 0. The van der Waals surface area contributed by atoms with Gasteiger partial charge in [-0.3, -0.25) is 0 Å². The molecular formula is C10H12N6S2Zn. The average molecular weight is 346 g/mol. The van der Waals surface area contributed by atoms with Gasteiger partial charge in [-0.25, -0.2) is 0 Å². The number of anilines is 2. The van der Waals surface area contributed by atoms with Gasteiger partial charge in [0.05, 0.1) is 0 Å². The van der Waals surface area contributed by atoms with Crippen molar-refractivity contribution in [3.63, 3.8) is 0 Å². The zero-order chi connectivity index (χ0) is 13.8. The first-order valence-corrected chi connectivity index (χ1v) is 14.7. The molecular weight excluding hydrogens is 334 g/mol. The summed E-state index contributed by atoms with van der Waals surface area (Å²) in [6.07, 6.45) is 0. The maximum atomic E-state index is 5.69. The monoisotopic (exact) mass is 344 g/mol. The van der Waals surface area contributed by atoms with E-state index in [9.17, 15) is 0 Å². The van der Waals surface area contributed by atoms with Crippen molar-refractivity contribution in [3.8, 4) is 0 Å². The number of rotatable bonds is 4. The fourth-order valence-corrected chi connectivity index (χ4v) is 11.0. The van der Waals surface area contributed by atoms with Gasteiger partial charge in [-0.05, 0) is 0 Å². The summed E-state index contributed by atoms with van der Waals surface area (Å²) in [6, 6.07) is 3.62. The minimum absolute atomic E-state index is 0.518. The summed E-state index contributed by atoms with van der Waals surface area (Å²) in [4.78, 5) is 16.8. The molecule has 2 aromatic rings. The SMILES string of the molecule is Cc1nc(N)cc([S][Zn][S]c2cc(N)nc(C)n2)n1. The molecule has 0 aliphatic heterocycles. The molecule has 6 nitrogen and oxygen atoms in total. The molecule has 4 N–H and O–H groups in total. The normalized spacial score (nSPS) is 10.2. The van der Waals surface area contributed by atoms with Crippen LogP contribution in [0.1, 0.15) is 11.6 Å². The van der Waals surface area contributed by atoms with Gasteiger partial charge in [-0.2, -0.15) is 0 Å². The van der Waals surface area contributed by atoms with Crippen molar-refractivity contribution in [2.45, 2.75) is 23.9 Å². The van der Waals surface area contributed by atoms with Crippen LogP contribution < -0.4 is 11.5 Å². The quantitative estimate of drug-likeness (QED) is 0.639. The van der Waals surface area contributed by atoms with Crippen molar-refractivity contribution in [2.24, 2.45) is 0 Å². The van der Waals surface area contributed by atoms with E-state index in [4.69, 9.17) is 11.5 Å². The third-order valence-corrected chi connectivity index (χ3v) is 12.2. The van der Waals surface area contributed by atoms with Crippen LogP contribution in [0.5, 0.6) is 0 Å². The van der Waals surface area contributed by atoms with Gasteiger partial charge in [-0.1, -0.05) is 0 Å². The van der Waals surface area contributed by atoms with Gasteiger partial charge < -0.3 is 0 Å². The van der Waals surface area contributed by atoms with Gasteiger partial charge in [-0.15, -0.1) is 0 Å². The second-order valence-corrected chi connectivity index (χ2v) is 14.2. The maximum absolute atomic E-state index is 5.69. The Morgan fingerprint density at radius 1 is 0.842 bits per heavy atom. The molecule has 0 amide bonds. The summed E-state index contributed by atoms with van der Waals surface area (Å²) in [7, 11) is 3.55. The van der Waals surface area contributed by atoms with E-state index in [0.29, 0.717) is 23.3 Å². The topological polar surface area (TPSA) is 104 Å². The van der Waals surface area contributed by atoms with Crippen molar-refractivity contribution in [2.75, 3.05) is 11.5 Å². The molecule has 0 atom stereocenters. The van der Waals surface area contributed by atoms with Gasteiger partial charge in [0, 0.05) is 0 Å². The summed E-state index contributed by atoms with van der Waals surface area (Å²) in [5, 5.41) is 1.88. The van der Waals surface area contributed by atoms with Gasteiger partial charge in [0.1, 0.15) is 0 Å². The average Bonchev–Trinajstić information content (AvgIpc) is 2.26. The Bertz CT molecular complexity index is 502. The van der Waals surface area contributed by atoms with Crippen LogP contribution in [0.15, 0.2) is 22.2 Å². The van der Waals surface area contributed by atoms with Crippen molar-refractivity contribution >= 4 is 31.1 Å². The molecule has 96 valence electrons. The molecule has 2 heterocycles. The molecule has 0 aromatic carbocycles. The van der Waals surface area contributed by atoms with Crippen LogP contribution in [0.2, 0.25) is 0 Å². The molecule has 0 aliphatic rings. The first-order valence-electron chi connectivity index (χ1n) is 5.51. The molecule has 2 aromatic heterocycles. The van der Waals surface area contributed by atoms with Crippen LogP contribution in [0, 0.1) is 13.8 Å². The predicted molar refractivity (Wildman–Crippen MR) is 74.1 cm³/mol. The molecule has 19 heavy (non-hydrogen) atoms. The summed E-state index contributed by atoms with van der Waals surface area (Å²) in [5.74, 6) is 2.45. The Kier molecular flexibility index (Phi) is 4.95. The number of hydrogen-bond donors (Lipinski definition) is 2. The van der Waals surface area contributed by atoms with Gasteiger partial charge >= 0.3 is 125 Å². The van der Waals surface area contributed by atoms with Crippen LogP contribution in [-0.2, 0) is 14.7 Å². The molecule has 0 aliphatic carbocycles. The molecule has 0 fully saturated rings. The number of nitrogens with two attached hydrogens (primary N) is 2. The summed E-state index contributed by atoms with van der Waals surface area (Å²) >= 11 is -0.955. The Labute approximate surface area is 124 Å². The van der Waals surface area contributed by atoms with Gasteiger partial charge in [0.15, 0.2) is 0 Å². The van der Waals surface area contributed by atoms with E-state index in [1.54, 1.807) is 19.5 Å². The van der Waals surface area contributed by atoms with E-state index in [0.717, 1.165) is 10.1 Å². The number of nitrogens with zero attached hydrogens (tertiary/aromatic N) is 4. The first-order chi connectivity index (χ1) is 9.02. The van der Waals surface area contributed by atoms with E-state index in [2.05, 4.69) is 19.9 Å². The van der Waals surface area contributed by atoms with Crippen molar-refractivity contribution in [3.05, 3.63) is 23.8 Å². The fourth-order valence-electron chi connectivity index (χ4n) is 1.42. The van der Waals surface area contributed by atoms with E-state index in [-0.39, 0.29) is 0 Å². The van der Waals surface area contributed by atoms with E-state index < -0.39 is 14.7 Å². The van der Waals surface area contributed by atoms with E-state index in [1.165, 1.54) is 0 Å². The van der Waals surface area contributed by atoms with Gasteiger partial charge in [0.25, 0.3) is 0 Å². The molecule has 0 saturated heterocycles. The Morgan fingerprint density at radius 3 is 1.63 bits per heavy atom. The molecule has 0 radical (unpaired) electrons. The minimum atomic E-state index is -0.955. The van der Waals surface area contributed by atoms with E-state index >= 15 is 0 Å². The van der Waals surface area contributed by atoms with Crippen LogP contribution >= 0.6 is 19.5 Å². The summed E-state index contributed by atoms with van der Waals surface area (Å²) in [6.45, 7) is 3.68. The molecule has 0 bridgehead atoms. The second-order valence-electron chi connectivity index (χ2n) is 3.76. The molecule has 0 unspecified atom stereocenters. The van der Waals surface area contributed by atoms with Crippen LogP contribution in [0.25, 0.3) is 0 Å². The fraction of sp³-hybridized carbons (Fsp3) is 0.200. The predicted octanol–water partition coefficient (Wildman–Crippen LogP) is 1.84. The second kappa shape index (κ2) is 6.50. The first kappa shape index (κ1) is 14.5. The number of hydrogen-bond acceptors (Lipinski definition) is 8. The van der Waals surface area contributed by atoms with Crippen molar-refractivity contribution in [1.82, 2.24) is 19.9 Å². The molecule has 2 rings (SSSR count). The van der Waals surface area contributed by atoms with E-state index in [1.807, 2.05) is 26.0 Å². The molecule has 9 heteroatoms. The van der Waals surface area contributed by atoms with Crippen LogP contribution in [0.4, 0.5) is 11.6 Å². The van der Waals surface area contributed by atoms with Crippen molar-refractivity contribution in [1.29, 1.82) is 0 Å². The van der Waals surface area contributed by atoms with Crippen LogP contribution in [-0.4, -0.2) is 19.9 Å². The number of aryl methyl sites for hydroxylation is 2. The van der Waals surface area contributed by atoms with Crippen LogP contribution in [0.3, 0.4) is 0 Å². The standard InChI is InChI=1S/2C5H7N3S.Zn/c2*1-3-7-4(6)2-5(9)8-3;/h2*2H,1H3,(H3,6,7,8,9);/q;;+2/p-2. The van der Waals surface area contributed by atoms with Crippen molar-refractivity contribution < 1.29 is 14.7 Å².